The third-order valence-electron chi connectivity index (χ3n) is 3.10. The van der Waals surface area contributed by atoms with Crippen LogP contribution in [0.15, 0.2) is 23.1 Å². The fourth-order valence-electron chi connectivity index (χ4n) is 1.88. The van der Waals surface area contributed by atoms with E-state index in [-0.39, 0.29) is 14.9 Å². The van der Waals surface area contributed by atoms with Crippen LogP contribution in [0.2, 0.25) is 10.0 Å². The number of hydrogen-bond acceptors (Lipinski definition) is 5. The highest BCUT2D eigenvalue weighted by Crippen LogP contribution is 2.27. The largest absolute Gasteiger partial charge is 0.347 e. The van der Waals surface area contributed by atoms with Crippen LogP contribution in [0.4, 0.5) is 11.6 Å². The van der Waals surface area contributed by atoms with Gasteiger partial charge >= 0.3 is 0 Å². The summed E-state index contributed by atoms with van der Waals surface area (Å²) in [6, 6.07) is 4.12. The van der Waals surface area contributed by atoms with Gasteiger partial charge in [-0.3, -0.25) is 4.72 Å². The highest BCUT2D eigenvalue weighted by atomic mass is 35.5. The van der Waals surface area contributed by atoms with Gasteiger partial charge in [0.1, 0.15) is 0 Å². The topological polar surface area (TPSA) is 75.2 Å². The maximum absolute atomic E-state index is 12.5. The van der Waals surface area contributed by atoms with Crippen molar-refractivity contribution in [3.05, 3.63) is 39.6 Å². The fraction of sp³-hybridized carbons (Fsp3) is 0.286. The molecule has 0 aliphatic rings. The van der Waals surface area contributed by atoms with E-state index >= 15 is 0 Å². The molecule has 23 heavy (non-hydrogen) atoms. The van der Waals surface area contributed by atoms with Gasteiger partial charge in [-0.15, -0.1) is 0 Å². The molecule has 0 saturated carbocycles. The first-order valence-electron chi connectivity index (χ1n) is 6.62. The summed E-state index contributed by atoms with van der Waals surface area (Å²) in [5, 5.41) is 0.457. The van der Waals surface area contributed by atoms with Crippen molar-refractivity contribution >= 4 is 44.9 Å². The van der Waals surface area contributed by atoms with Crippen LogP contribution in [0.25, 0.3) is 0 Å². The van der Waals surface area contributed by atoms with E-state index < -0.39 is 10.0 Å². The van der Waals surface area contributed by atoms with Gasteiger partial charge in [0, 0.05) is 14.1 Å². The van der Waals surface area contributed by atoms with E-state index in [1.807, 2.05) is 14.1 Å². The number of sulfonamides is 1. The van der Waals surface area contributed by atoms with Crippen molar-refractivity contribution in [2.24, 2.45) is 0 Å². The number of nitrogens with one attached hydrogen (secondary N) is 1. The molecule has 0 aliphatic carbocycles. The lowest BCUT2D eigenvalue weighted by atomic mass is 10.3. The molecule has 2 aromatic rings. The van der Waals surface area contributed by atoms with Crippen LogP contribution < -0.4 is 9.62 Å². The Morgan fingerprint density at radius 2 is 1.61 bits per heavy atom. The van der Waals surface area contributed by atoms with Gasteiger partial charge in [0.25, 0.3) is 10.0 Å². The van der Waals surface area contributed by atoms with Crippen molar-refractivity contribution in [3.8, 4) is 0 Å². The van der Waals surface area contributed by atoms with E-state index in [0.717, 1.165) is 0 Å². The number of halogens is 2. The molecule has 0 spiro atoms. The van der Waals surface area contributed by atoms with Crippen molar-refractivity contribution in [3.63, 3.8) is 0 Å². The molecule has 1 aromatic carbocycles. The van der Waals surface area contributed by atoms with Gasteiger partial charge in [0.05, 0.1) is 32.0 Å². The van der Waals surface area contributed by atoms with Crippen LogP contribution in [0.3, 0.4) is 0 Å². The van der Waals surface area contributed by atoms with Crippen LogP contribution >= 0.6 is 23.2 Å². The Morgan fingerprint density at radius 1 is 1.04 bits per heavy atom. The molecule has 0 aliphatic heterocycles. The van der Waals surface area contributed by atoms with Gasteiger partial charge in [-0.25, -0.2) is 18.4 Å². The van der Waals surface area contributed by atoms with Gasteiger partial charge < -0.3 is 4.90 Å². The Morgan fingerprint density at radius 3 is 2.09 bits per heavy atom. The molecule has 0 atom stereocenters. The van der Waals surface area contributed by atoms with E-state index in [1.54, 1.807) is 18.7 Å². The molecule has 0 amide bonds. The normalized spacial score (nSPS) is 11.4. The first-order valence-corrected chi connectivity index (χ1v) is 8.86. The van der Waals surface area contributed by atoms with Crippen LogP contribution in [0.5, 0.6) is 0 Å². The third kappa shape index (κ3) is 3.85. The summed E-state index contributed by atoms with van der Waals surface area (Å²) < 4.78 is 27.5. The quantitative estimate of drug-likeness (QED) is 0.888. The van der Waals surface area contributed by atoms with E-state index in [2.05, 4.69) is 14.7 Å². The molecule has 1 aromatic heterocycles. The van der Waals surface area contributed by atoms with E-state index in [9.17, 15) is 8.42 Å². The molecule has 124 valence electrons. The minimum atomic E-state index is -3.82. The van der Waals surface area contributed by atoms with Gasteiger partial charge in [-0.2, -0.15) is 0 Å². The molecule has 9 heteroatoms. The van der Waals surface area contributed by atoms with Crippen LogP contribution in [0, 0.1) is 13.8 Å². The molecule has 1 N–H and O–H groups in total. The smallest absolute Gasteiger partial charge is 0.262 e. The van der Waals surface area contributed by atoms with Gasteiger partial charge in [0.15, 0.2) is 0 Å². The lowest BCUT2D eigenvalue weighted by Gasteiger charge is -2.16. The molecular weight excluding hydrogens is 359 g/mol. The molecule has 0 fully saturated rings. The number of benzene rings is 1. The predicted molar refractivity (Wildman–Crippen MR) is 93.1 cm³/mol. The van der Waals surface area contributed by atoms with Crippen molar-refractivity contribution in [2.75, 3.05) is 23.7 Å². The summed E-state index contributed by atoms with van der Waals surface area (Å²) in [6.45, 7) is 3.43. The highest BCUT2D eigenvalue weighted by molar-refractivity contribution is 7.92. The number of aryl methyl sites for hydroxylation is 2. The van der Waals surface area contributed by atoms with Gasteiger partial charge in [-0.1, -0.05) is 23.2 Å². The third-order valence-corrected chi connectivity index (χ3v) is 5.18. The standard InChI is InChI=1S/C14H16Cl2N4O2S/c1-8-13(9(2)18-14(17-8)20(3)4)19-23(21,22)10-5-6-11(15)12(16)7-10/h5-7,19H,1-4H3. The molecule has 0 saturated heterocycles. The molecule has 0 radical (unpaired) electrons. The molecule has 1 heterocycles. The zero-order valence-electron chi connectivity index (χ0n) is 13.1. The minimum absolute atomic E-state index is 0.0161. The first kappa shape index (κ1) is 17.8. The number of aromatic nitrogens is 2. The SMILES string of the molecule is Cc1nc(N(C)C)nc(C)c1NS(=O)(=O)c1ccc(Cl)c(Cl)c1. The zero-order chi connectivity index (χ0) is 17.4. The van der Waals surface area contributed by atoms with Crippen LogP contribution in [-0.2, 0) is 10.0 Å². The van der Waals surface area contributed by atoms with E-state index in [1.165, 1.54) is 18.2 Å². The molecule has 0 unspecified atom stereocenters. The fourth-order valence-corrected chi connectivity index (χ4v) is 3.45. The number of anilines is 2. The zero-order valence-corrected chi connectivity index (χ0v) is 15.4. The van der Waals surface area contributed by atoms with Crippen molar-refractivity contribution < 1.29 is 8.42 Å². The summed E-state index contributed by atoms with van der Waals surface area (Å²) in [7, 11) is -0.191. The monoisotopic (exact) mass is 374 g/mol. The Balaban J connectivity index is 2.43. The second-order valence-corrected chi connectivity index (χ2v) is 7.64. The second kappa shape index (κ2) is 6.51. The lowest BCUT2D eigenvalue weighted by molar-refractivity contribution is 0.601. The van der Waals surface area contributed by atoms with Crippen molar-refractivity contribution in [1.82, 2.24) is 9.97 Å². The molecular formula is C14H16Cl2N4O2S. The maximum Gasteiger partial charge on any atom is 0.262 e. The lowest BCUT2D eigenvalue weighted by Crippen LogP contribution is -2.18. The number of rotatable bonds is 4. The van der Waals surface area contributed by atoms with Gasteiger partial charge in [-0.05, 0) is 32.0 Å². The summed E-state index contributed by atoms with van der Waals surface area (Å²) in [5.74, 6) is 0.512. The first-order chi connectivity index (χ1) is 10.6. The molecule has 0 bridgehead atoms. The highest BCUT2D eigenvalue weighted by Gasteiger charge is 2.19. The molecule has 2 rings (SSSR count). The van der Waals surface area contributed by atoms with Crippen molar-refractivity contribution in [1.29, 1.82) is 0 Å². The van der Waals surface area contributed by atoms with E-state index in [0.29, 0.717) is 23.0 Å². The van der Waals surface area contributed by atoms with Crippen LogP contribution in [0.1, 0.15) is 11.4 Å². The predicted octanol–water partition coefficient (Wildman–Crippen LogP) is 3.27. The number of nitrogens with zero attached hydrogens (tertiary/aromatic N) is 3. The van der Waals surface area contributed by atoms with Crippen LogP contribution in [-0.4, -0.2) is 32.5 Å². The Bertz CT molecular complexity index is 831. The molecule has 6 nitrogen and oxygen atoms in total. The minimum Gasteiger partial charge on any atom is -0.347 e. The summed E-state index contributed by atoms with van der Waals surface area (Å²) in [5.41, 5.74) is 1.41. The summed E-state index contributed by atoms with van der Waals surface area (Å²) >= 11 is 11.7. The Hall–Kier alpha value is -1.57. The van der Waals surface area contributed by atoms with Gasteiger partial charge in [0.2, 0.25) is 5.95 Å². The summed E-state index contributed by atoms with van der Waals surface area (Å²) in [4.78, 5) is 10.3. The van der Waals surface area contributed by atoms with E-state index in [4.69, 9.17) is 23.2 Å². The average Bonchev–Trinajstić information content (AvgIpc) is 2.45. The second-order valence-electron chi connectivity index (χ2n) is 5.15. The Labute approximate surface area is 145 Å². The number of hydrogen-bond donors (Lipinski definition) is 1. The average molecular weight is 375 g/mol. The Kier molecular flexibility index (Phi) is 5.03. The summed E-state index contributed by atoms with van der Waals surface area (Å²) in [6.07, 6.45) is 0. The maximum atomic E-state index is 12.5. The van der Waals surface area contributed by atoms with Crippen molar-refractivity contribution in [2.45, 2.75) is 18.7 Å².